The van der Waals surface area contributed by atoms with Crippen LogP contribution in [0.1, 0.15) is 43.7 Å². The number of guanidine groups is 1. The summed E-state index contributed by atoms with van der Waals surface area (Å²) in [6.07, 6.45) is 3.91. The molecular weight excluding hydrogens is 334 g/mol. The molecule has 1 fully saturated rings. The van der Waals surface area contributed by atoms with E-state index in [1.165, 1.54) is 0 Å². The smallest absolute Gasteiger partial charge is 0.241 e. The molecule has 0 bridgehead atoms. The van der Waals surface area contributed by atoms with Gasteiger partial charge in [-0.25, -0.2) is 4.99 Å². The van der Waals surface area contributed by atoms with Crippen molar-refractivity contribution in [3.63, 3.8) is 0 Å². The van der Waals surface area contributed by atoms with Crippen LogP contribution in [0.25, 0.3) is 0 Å². The molecule has 26 heavy (non-hydrogen) atoms. The maximum absolute atomic E-state index is 11.9. The van der Waals surface area contributed by atoms with Crippen molar-refractivity contribution in [2.24, 2.45) is 4.99 Å². The summed E-state index contributed by atoms with van der Waals surface area (Å²) in [6.45, 7) is 6.23. The van der Waals surface area contributed by atoms with Crippen LogP contribution in [0.3, 0.4) is 0 Å². The quantitative estimate of drug-likeness (QED) is 0.529. The molecule has 1 aromatic heterocycles. The lowest BCUT2D eigenvalue weighted by molar-refractivity contribution is -0.127. The van der Waals surface area contributed by atoms with Gasteiger partial charge < -0.3 is 24.8 Å². The fraction of sp³-hybridized carbons (Fsp3) is 0.722. The molecule has 0 saturated carbocycles. The predicted molar refractivity (Wildman–Crippen MR) is 100 cm³/mol. The number of nitrogens with zero attached hydrogens (tertiary/aromatic N) is 3. The Morgan fingerprint density at radius 2 is 2.12 bits per heavy atom. The van der Waals surface area contributed by atoms with Crippen molar-refractivity contribution in [1.29, 1.82) is 0 Å². The lowest BCUT2D eigenvalue weighted by Gasteiger charge is -2.17. The molecule has 8 heteroatoms. The number of nitrogens with one attached hydrogen (secondary N) is 2. The topological polar surface area (TPSA) is 92.0 Å². The fourth-order valence-electron chi connectivity index (χ4n) is 2.78. The average molecular weight is 365 g/mol. The first-order chi connectivity index (χ1) is 12.5. The number of ether oxygens (including phenoxy) is 1. The van der Waals surface area contributed by atoms with Gasteiger partial charge >= 0.3 is 0 Å². The van der Waals surface area contributed by atoms with Gasteiger partial charge in [0.2, 0.25) is 5.91 Å². The second kappa shape index (κ2) is 10.2. The fourth-order valence-corrected chi connectivity index (χ4v) is 2.78. The van der Waals surface area contributed by atoms with E-state index in [1.54, 1.807) is 19.0 Å². The number of aryl methyl sites for hydroxylation is 2. The maximum Gasteiger partial charge on any atom is 0.241 e. The Kier molecular flexibility index (Phi) is 7.90. The highest BCUT2D eigenvalue weighted by molar-refractivity contribution is 5.86. The molecule has 146 valence electrons. The lowest BCUT2D eigenvalue weighted by atomic mass is 10.1. The molecule has 1 aliphatic rings. The van der Waals surface area contributed by atoms with E-state index in [0.717, 1.165) is 49.3 Å². The molecule has 0 aromatic carbocycles. The number of amides is 1. The Balaban J connectivity index is 2.04. The number of carbonyl (C=O) groups is 1. The van der Waals surface area contributed by atoms with Crippen molar-refractivity contribution in [3.8, 4) is 0 Å². The second-order valence-corrected chi connectivity index (χ2v) is 6.56. The van der Waals surface area contributed by atoms with Gasteiger partial charge in [0.1, 0.15) is 5.76 Å². The number of likely N-dealkylation sites (N-methyl/N-ethyl adjacent to an activating group) is 1. The number of hydrogen-bond acceptors (Lipinski definition) is 5. The maximum atomic E-state index is 11.9. The van der Waals surface area contributed by atoms with Gasteiger partial charge in [0.05, 0.1) is 24.9 Å². The Labute approximate surface area is 155 Å². The van der Waals surface area contributed by atoms with Crippen molar-refractivity contribution < 1.29 is 14.1 Å². The molecule has 2 heterocycles. The third-order valence-corrected chi connectivity index (χ3v) is 4.43. The zero-order valence-corrected chi connectivity index (χ0v) is 16.3. The molecule has 1 aromatic rings. The summed E-state index contributed by atoms with van der Waals surface area (Å²) < 4.78 is 11.0. The van der Waals surface area contributed by atoms with Crippen LogP contribution in [0.2, 0.25) is 0 Å². The van der Waals surface area contributed by atoms with Crippen LogP contribution in [0, 0.1) is 0 Å². The highest BCUT2D eigenvalue weighted by Gasteiger charge is 2.17. The molecule has 8 nitrogen and oxygen atoms in total. The van der Waals surface area contributed by atoms with Crippen LogP contribution in [0.15, 0.2) is 9.52 Å². The lowest BCUT2D eigenvalue weighted by Crippen LogP contribution is -2.45. The minimum atomic E-state index is -0.00918. The number of carbonyl (C=O) groups excluding carboxylic acids is 1. The first kappa shape index (κ1) is 20.2. The van der Waals surface area contributed by atoms with Gasteiger partial charge in [0, 0.05) is 39.2 Å². The molecular formula is C18H31N5O3. The van der Waals surface area contributed by atoms with Crippen molar-refractivity contribution in [2.75, 3.05) is 33.8 Å². The SMILES string of the molecule is CCc1noc(CC)c1CN=C(NCC(=O)N(C)C)NCC1CCCO1. The number of aliphatic imine (C=N–C) groups is 1. The minimum absolute atomic E-state index is 0.00918. The molecule has 1 saturated heterocycles. The molecule has 0 aliphatic carbocycles. The van der Waals surface area contributed by atoms with Crippen LogP contribution in [0.5, 0.6) is 0 Å². The van der Waals surface area contributed by atoms with Gasteiger partial charge in [0.15, 0.2) is 5.96 Å². The Hall–Kier alpha value is -2.09. The van der Waals surface area contributed by atoms with Gasteiger partial charge in [-0.15, -0.1) is 0 Å². The molecule has 0 radical (unpaired) electrons. The number of rotatable bonds is 8. The summed E-state index contributed by atoms with van der Waals surface area (Å²) in [5.41, 5.74) is 1.97. The van der Waals surface area contributed by atoms with Crippen LogP contribution in [0.4, 0.5) is 0 Å². The molecule has 1 atom stereocenters. The molecule has 1 amide bonds. The van der Waals surface area contributed by atoms with Gasteiger partial charge in [-0.2, -0.15) is 0 Å². The number of aromatic nitrogens is 1. The third-order valence-electron chi connectivity index (χ3n) is 4.43. The largest absolute Gasteiger partial charge is 0.376 e. The summed E-state index contributed by atoms with van der Waals surface area (Å²) in [4.78, 5) is 18.1. The Morgan fingerprint density at radius 1 is 1.31 bits per heavy atom. The summed E-state index contributed by atoms with van der Waals surface area (Å²) in [5, 5.41) is 10.5. The van der Waals surface area contributed by atoms with Gasteiger partial charge in [0.25, 0.3) is 0 Å². The van der Waals surface area contributed by atoms with Gasteiger partial charge in [-0.1, -0.05) is 19.0 Å². The van der Waals surface area contributed by atoms with E-state index in [-0.39, 0.29) is 18.6 Å². The average Bonchev–Trinajstić information content (AvgIpc) is 3.29. The van der Waals surface area contributed by atoms with E-state index in [4.69, 9.17) is 9.26 Å². The first-order valence-corrected chi connectivity index (χ1v) is 9.35. The van der Waals surface area contributed by atoms with Gasteiger partial charge in [-0.05, 0) is 19.3 Å². The normalized spacial score (nSPS) is 17.4. The molecule has 1 aliphatic heterocycles. The highest BCUT2D eigenvalue weighted by Crippen LogP contribution is 2.17. The molecule has 2 N–H and O–H groups in total. The van der Waals surface area contributed by atoms with E-state index in [9.17, 15) is 4.79 Å². The zero-order valence-electron chi connectivity index (χ0n) is 16.3. The van der Waals surface area contributed by atoms with E-state index in [0.29, 0.717) is 19.0 Å². The zero-order chi connectivity index (χ0) is 18.9. The predicted octanol–water partition coefficient (Wildman–Crippen LogP) is 1.10. The van der Waals surface area contributed by atoms with E-state index in [1.807, 2.05) is 6.92 Å². The number of hydrogen-bond donors (Lipinski definition) is 2. The Morgan fingerprint density at radius 3 is 2.73 bits per heavy atom. The summed E-state index contributed by atoms with van der Waals surface area (Å²) in [5.74, 6) is 1.46. The van der Waals surface area contributed by atoms with E-state index >= 15 is 0 Å². The van der Waals surface area contributed by atoms with Crippen molar-refractivity contribution in [2.45, 2.75) is 52.2 Å². The van der Waals surface area contributed by atoms with Crippen molar-refractivity contribution in [1.82, 2.24) is 20.7 Å². The van der Waals surface area contributed by atoms with E-state index in [2.05, 4.69) is 27.7 Å². The van der Waals surface area contributed by atoms with E-state index < -0.39 is 0 Å². The summed E-state index contributed by atoms with van der Waals surface area (Å²) >= 11 is 0. The van der Waals surface area contributed by atoms with Crippen molar-refractivity contribution in [3.05, 3.63) is 17.0 Å². The monoisotopic (exact) mass is 365 g/mol. The van der Waals surface area contributed by atoms with Crippen LogP contribution in [-0.2, 0) is 28.9 Å². The van der Waals surface area contributed by atoms with Crippen LogP contribution < -0.4 is 10.6 Å². The standard InChI is InChI=1S/C18H31N5O3/c1-5-15-14(16(6-2)26-22-15)11-20-18(21-12-17(24)23(3)4)19-10-13-8-7-9-25-13/h13H,5-12H2,1-4H3,(H2,19,20,21). The van der Waals surface area contributed by atoms with Crippen LogP contribution in [-0.4, -0.2) is 61.8 Å². The second-order valence-electron chi connectivity index (χ2n) is 6.56. The Bertz CT molecular complexity index is 584. The third kappa shape index (κ3) is 5.72. The van der Waals surface area contributed by atoms with Crippen molar-refractivity contribution >= 4 is 11.9 Å². The molecule has 2 rings (SSSR count). The molecule has 1 unspecified atom stereocenters. The highest BCUT2D eigenvalue weighted by atomic mass is 16.5. The summed E-state index contributed by atoms with van der Waals surface area (Å²) in [7, 11) is 3.47. The molecule has 0 spiro atoms. The summed E-state index contributed by atoms with van der Waals surface area (Å²) in [6, 6.07) is 0. The van der Waals surface area contributed by atoms with Crippen LogP contribution >= 0.6 is 0 Å². The van der Waals surface area contributed by atoms with Gasteiger partial charge in [-0.3, -0.25) is 4.79 Å². The minimum Gasteiger partial charge on any atom is -0.376 e. The first-order valence-electron chi connectivity index (χ1n) is 9.35.